The number of likely N-dealkylation sites (tertiary alicyclic amines) is 1. The van der Waals surface area contributed by atoms with Gasteiger partial charge in [-0.1, -0.05) is 0 Å². The van der Waals surface area contributed by atoms with Crippen LogP contribution in [0.3, 0.4) is 0 Å². The maximum absolute atomic E-state index is 12.1. The van der Waals surface area contributed by atoms with Gasteiger partial charge in [-0.3, -0.25) is 14.6 Å². The van der Waals surface area contributed by atoms with Crippen molar-refractivity contribution in [3.05, 3.63) is 58.8 Å². The number of ether oxygens (including phenoxy) is 1. The van der Waals surface area contributed by atoms with Gasteiger partial charge < -0.3 is 14.6 Å². The van der Waals surface area contributed by atoms with Gasteiger partial charge in [0, 0.05) is 18.5 Å². The lowest BCUT2D eigenvalue weighted by Crippen LogP contribution is -2.56. The maximum Gasteiger partial charge on any atom is 0.255 e. The molecule has 0 radical (unpaired) electrons. The van der Waals surface area contributed by atoms with Gasteiger partial charge in [0.15, 0.2) is 0 Å². The average molecular weight is 271 g/mol. The number of pyridine rings is 2. The molecule has 0 unspecified atom stereocenters. The first-order valence-electron chi connectivity index (χ1n) is 6.27. The molecule has 2 aromatic heterocycles. The predicted octanol–water partition coefficient (Wildman–Crippen LogP) is 0.673. The number of hydrogen-bond donors (Lipinski definition) is 1. The highest BCUT2D eigenvalue weighted by Gasteiger charge is 2.32. The summed E-state index contributed by atoms with van der Waals surface area (Å²) >= 11 is 0. The highest BCUT2D eigenvalue weighted by Crippen LogP contribution is 2.18. The lowest BCUT2D eigenvalue weighted by atomic mass is 10.1. The van der Waals surface area contributed by atoms with Gasteiger partial charge in [-0.15, -0.1) is 0 Å². The van der Waals surface area contributed by atoms with E-state index in [4.69, 9.17) is 4.74 Å². The molecule has 3 rings (SSSR count). The summed E-state index contributed by atoms with van der Waals surface area (Å²) in [4.78, 5) is 31.2. The molecule has 0 aromatic carbocycles. The molecule has 0 atom stereocenters. The van der Waals surface area contributed by atoms with Crippen molar-refractivity contribution >= 4 is 5.91 Å². The minimum Gasteiger partial charge on any atom is -0.485 e. The normalized spacial score (nSPS) is 14.7. The molecule has 0 aliphatic carbocycles. The van der Waals surface area contributed by atoms with E-state index in [1.54, 1.807) is 23.4 Å². The summed E-state index contributed by atoms with van der Waals surface area (Å²) < 4.78 is 5.67. The Morgan fingerprint density at radius 2 is 2.20 bits per heavy atom. The van der Waals surface area contributed by atoms with Gasteiger partial charge in [-0.25, -0.2) is 0 Å². The third kappa shape index (κ3) is 2.54. The van der Waals surface area contributed by atoms with E-state index in [-0.39, 0.29) is 17.6 Å². The molecule has 102 valence electrons. The topological polar surface area (TPSA) is 75.3 Å². The lowest BCUT2D eigenvalue weighted by Gasteiger charge is -2.38. The molecular formula is C14H13N3O3. The first-order chi connectivity index (χ1) is 9.72. The molecule has 0 spiro atoms. The van der Waals surface area contributed by atoms with Crippen LogP contribution in [-0.4, -0.2) is 40.0 Å². The van der Waals surface area contributed by atoms with E-state index >= 15 is 0 Å². The van der Waals surface area contributed by atoms with Crippen molar-refractivity contribution in [2.75, 3.05) is 13.1 Å². The summed E-state index contributed by atoms with van der Waals surface area (Å²) in [7, 11) is 0. The molecular weight excluding hydrogens is 258 g/mol. The zero-order valence-electron chi connectivity index (χ0n) is 10.7. The Hall–Kier alpha value is -2.63. The highest BCUT2D eigenvalue weighted by atomic mass is 16.5. The smallest absolute Gasteiger partial charge is 0.255 e. The number of nitrogens with one attached hydrogen (secondary N) is 1. The Kier molecular flexibility index (Phi) is 3.20. The molecule has 3 heterocycles. The monoisotopic (exact) mass is 271 g/mol. The minimum atomic E-state index is -0.219. The van der Waals surface area contributed by atoms with Crippen LogP contribution in [0.15, 0.2) is 47.7 Å². The van der Waals surface area contributed by atoms with Crippen LogP contribution in [0.25, 0.3) is 0 Å². The quantitative estimate of drug-likeness (QED) is 0.890. The van der Waals surface area contributed by atoms with E-state index in [0.717, 1.165) is 0 Å². The summed E-state index contributed by atoms with van der Waals surface area (Å²) in [5, 5.41) is 0. The van der Waals surface area contributed by atoms with Crippen molar-refractivity contribution in [1.82, 2.24) is 14.9 Å². The van der Waals surface area contributed by atoms with Crippen LogP contribution in [0.2, 0.25) is 0 Å². The number of amides is 1. The van der Waals surface area contributed by atoms with Crippen LogP contribution >= 0.6 is 0 Å². The first kappa shape index (κ1) is 12.4. The van der Waals surface area contributed by atoms with E-state index in [1.165, 1.54) is 18.3 Å². The van der Waals surface area contributed by atoms with Crippen molar-refractivity contribution < 1.29 is 9.53 Å². The zero-order chi connectivity index (χ0) is 13.9. The standard InChI is InChI=1S/C14H13N3O3/c18-13-4-3-10(6-16-13)14(19)17-8-12(9-17)20-11-2-1-5-15-7-11/h1-7,12H,8-9H2,(H,16,18). The van der Waals surface area contributed by atoms with Crippen molar-refractivity contribution in [3.8, 4) is 5.75 Å². The molecule has 6 nitrogen and oxygen atoms in total. The second-order valence-corrected chi connectivity index (χ2v) is 4.58. The predicted molar refractivity (Wildman–Crippen MR) is 71.6 cm³/mol. The van der Waals surface area contributed by atoms with Gasteiger partial charge in [-0.2, -0.15) is 0 Å². The van der Waals surface area contributed by atoms with Crippen LogP contribution in [0.4, 0.5) is 0 Å². The Labute approximate surface area is 115 Å². The molecule has 1 fully saturated rings. The number of nitrogens with zero attached hydrogens (tertiary/aromatic N) is 2. The Morgan fingerprint density at radius 3 is 2.85 bits per heavy atom. The van der Waals surface area contributed by atoms with Crippen LogP contribution in [0.1, 0.15) is 10.4 Å². The summed E-state index contributed by atoms with van der Waals surface area (Å²) in [6.45, 7) is 1.07. The molecule has 20 heavy (non-hydrogen) atoms. The summed E-state index contributed by atoms with van der Waals surface area (Å²) in [5.41, 5.74) is 0.257. The maximum atomic E-state index is 12.1. The summed E-state index contributed by atoms with van der Waals surface area (Å²) in [6, 6.07) is 6.50. The van der Waals surface area contributed by atoms with E-state index in [1.807, 2.05) is 6.07 Å². The van der Waals surface area contributed by atoms with Crippen LogP contribution < -0.4 is 10.3 Å². The van der Waals surface area contributed by atoms with Gasteiger partial charge in [0.2, 0.25) is 5.56 Å². The summed E-state index contributed by atoms with van der Waals surface area (Å²) in [6.07, 6.45) is 4.75. The van der Waals surface area contributed by atoms with Gasteiger partial charge >= 0.3 is 0 Å². The Morgan fingerprint density at radius 1 is 1.35 bits per heavy atom. The van der Waals surface area contributed by atoms with Gasteiger partial charge in [0.05, 0.1) is 24.8 Å². The third-order valence-electron chi connectivity index (χ3n) is 3.10. The molecule has 1 amide bonds. The van der Waals surface area contributed by atoms with Crippen LogP contribution in [0, 0.1) is 0 Å². The van der Waals surface area contributed by atoms with Crippen LogP contribution in [-0.2, 0) is 0 Å². The number of aromatic nitrogens is 2. The third-order valence-corrected chi connectivity index (χ3v) is 3.10. The second kappa shape index (κ2) is 5.16. The minimum absolute atomic E-state index is 0.00842. The van der Waals surface area contributed by atoms with Gasteiger partial charge in [-0.05, 0) is 18.2 Å². The van der Waals surface area contributed by atoms with E-state index in [0.29, 0.717) is 24.4 Å². The van der Waals surface area contributed by atoms with Crippen molar-refractivity contribution in [3.63, 3.8) is 0 Å². The fourth-order valence-corrected chi connectivity index (χ4v) is 2.01. The Bertz CT molecular complexity index is 642. The van der Waals surface area contributed by atoms with E-state index in [9.17, 15) is 9.59 Å². The fourth-order valence-electron chi connectivity index (χ4n) is 2.01. The number of hydrogen-bond acceptors (Lipinski definition) is 4. The Balaban J connectivity index is 1.56. The molecule has 1 N–H and O–H groups in total. The lowest BCUT2D eigenvalue weighted by molar-refractivity contribution is 0.0176. The first-order valence-corrected chi connectivity index (χ1v) is 6.27. The SMILES string of the molecule is O=C(c1ccc(=O)[nH]c1)N1CC(Oc2cccnc2)C1. The van der Waals surface area contributed by atoms with Gasteiger partial charge in [0.25, 0.3) is 5.91 Å². The van der Waals surface area contributed by atoms with Crippen LogP contribution in [0.5, 0.6) is 5.75 Å². The van der Waals surface area contributed by atoms with Gasteiger partial charge in [0.1, 0.15) is 11.9 Å². The number of carbonyl (C=O) groups excluding carboxylic acids is 1. The second-order valence-electron chi connectivity index (χ2n) is 4.58. The molecule has 6 heteroatoms. The number of H-pyrrole nitrogens is 1. The molecule has 1 aliphatic rings. The molecule has 1 aliphatic heterocycles. The largest absolute Gasteiger partial charge is 0.485 e. The average Bonchev–Trinajstić information content (AvgIpc) is 2.44. The van der Waals surface area contributed by atoms with E-state index < -0.39 is 0 Å². The zero-order valence-corrected chi connectivity index (χ0v) is 10.7. The molecule has 0 bridgehead atoms. The number of rotatable bonds is 3. The van der Waals surface area contributed by atoms with Crippen molar-refractivity contribution in [2.24, 2.45) is 0 Å². The molecule has 0 saturated carbocycles. The van der Waals surface area contributed by atoms with Crippen molar-refractivity contribution in [2.45, 2.75) is 6.10 Å². The van der Waals surface area contributed by atoms with E-state index in [2.05, 4.69) is 9.97 Å². The number of carbonyl (C=O) groups is 1. The fraction of sp³-hybridized carbons (Fsp3) is 0.214. The summed E-state index contributed by atoms with van der Waals surface area (Å²) in [5.74, 6) is 0.598. The van der Waals surface area contributed by atoms with Crippen molar-refractivity contribution in [1.29, 1.82) is 0 Å². The molecule has 1 saturated heterocycles. The highest BCUT2D eigenvalue weighted by molar-refractivity contribution is 5.94. The number of aromatic amines is 1. The molecule has 2 aromatic rings.